The number of esters is 1. The number of fused-ring (bicyclic) bond motifs is 1. The quantitative estimate of drug-likeness (QED) is 0.284. The number of nitrogens with zero attached hydrogens (tertiary/aromatic N) is 4. The molecule has 0 spiro atoms. The van der Waals surface area contributed by atoms with Crippen LogP contribution in [0.2, 0.25) is 0 Å². The molecule has 228 valence electrons. The first-order valence-corrected chi connectivity index (χ1v) is 14.9. The second kappa shape index (κ2) is 11.6. The molecule has 3 aliphatic rings. The van der Waals surface area contributed by atoms with E-state index in [1.807, 2.05) is 6.07 Å². The second-order valence-corrected chi connectivity index (χ2v) is 12.8. The number of nitrogens with one attached hydrogen (secondary N) is 1. The Morgan fingerprint density at radius 2 is 1.86 bits per heavy atom. The number of aromatic nitrogens is 2. The van der Waals surface area contributed by atoms with Crippen molar-refractivity contribution >= 4 is 52.1 Å². The highest BCUT2D eigenvalue weighted by Crippen LogP contribution is 2.42. The zero-order valence-electron chi connectivity index (χ0n) is 23.1. The fourth-order valence-electron chi connectivity index (χ4n) is 4.55. The van der Waals surface area contributed by atoms with E-state index in [2.05, 4.69) is 15.5 Å². The van der Waals surface area contributed by atoms with Gasteiger partial charge in [-0.05, 0) is 44.4 Å². The van der Waals surface area contributed by atoms with E-state index in [0.29, 0.717) is 5.57 Å². The number of carbonyl (C=O) groups is 4. The van der Waals surface area contributed by atoms with Gasteiger partial charge < -0.3 is 14.8 Å². The molecule has 3 aliphatic heterocycles. The van der Waals surface area contributed by atoms with Gasteiger partial charge in [-0.25, -0.2) is 9.59 Å². The van der Waals surface area contributed by atoms with Crippen molar-refractivity contribution in [1.29, 1.82) is 0 Å². The maximum Gasteiger partial charge on any atom is 0.445 e. The minimum Gasteiger partial charge on any atom is -0.456 e. The maximum absolute atomic E-state index is 13.4. The first-order chi connectivity index (χ1) is 20.2. The number of ether oxygens (including phenoxy) is 2. The van der Waals surface area contributed by atoms with Crippen molar-refractivity contribution in [2.75, 3.05) is 17.2 Å². The molecular formula is C27H26F3N5O6S2. The summed E-state index contributed by atoms with van der Waals surface area (Å²) < 4.78 is 49.8. The number of amides is 3. The van der Waals surface area contributed by atoms with Crippen LogP contribution in [-0.4, -0.2) is 68.3 Å². The normalized spacial score (nSPS) is 21.6. The number of β-lactam (4-membered cyclic amide) rings is 1. The van der Waals surface area contributed by atoms with E-state index < -0.39 is 52.1 Å². The summed E-state index contributed by atoms with van der Waals surface area (Å²) in [6.07, 6.45) is -3.83. The number of rotatable bonds is 6. The number of halogens is 3. The van der Waals surface area contributed by atoms with Crippen LogP contribution in [-0.2, 0) is 36.6 Å². The number of carbonyl (C=O) groups excluding carboxylic acids is 4. The lowest BCUT2D eigenvalue weighted by atomic mass is 10.0. The van der Waals surface area contributed by atoms with Crippen molar-refractivity contribution < 1.29 is 41.8 Å². The van der Waals surface area contributed by atoms with E-state index in [-0.39, 0.29) is 53.1 Å². The molecule has 2 saturated heterocycles. The van der Waals surface area contributed by atoms with Gasteiger partial charge in [0.25, 0.3) is 11.8 Å². The molecule has 43 heavy (non-hydrogen) atoms. The summed E-state index contributed by atoms with van der Waals surface area (Å²) in [7, 11) is 0. The molecule has 3 amide bonds. The first-order valence-electron chi connectivity index (χ1n) is 13.0. The van der Waals surface area contributed by atoms with Crippen LogP contribution in [0.3, 0.4) is 0 Å². The number of hydrogen-bond donors (Lipinski definition) is 1. The van der Waals surface area contributed by atoms with Gasteiger partial charge >= 0.3 is 18.2 Å². The Morgan fingerprint density at radius 3 is 2.51 bits per heavy atom. The summed E-state index contributed by atoms with van der Waals surface area (Å²) in [5, 5.41) is 7.24. The fraction of sp³-hybridized carbons (Fsp3) is 0.407. The molecule has 11 nitrogen and oxygen atoms in total. The van der Waals surface area contributed by atoms with Crippen LogP contribution in [0.5, 0.6) is 0 Å². The predicted molar refractivity (Wildman–Crippen MR) is 149 cm³/mol. The number of alkyl carbamates (subject to hydrolysis) is 1. The Balaban J connectivity index is 1.40. The van der Waals surface area contributed by atoms with Crippen molar-refractivity contribution in [3.05, 3.63) is 63.8 Å². The highest BCUT2D eigenvalue weighted by Gasteiger charge is 2.55. The lowest BCUT2D eigenvalue weighted by molar-refractivity contribution is -0.152. The molecule has 2 aromatic rings. The molecule has 0 bridgehead atoms. The van der Waals surface area contributed by atoms with Crippen LogP contribution in [0.4, 0.5) is 23.1 Å². The van der Waals surface area contributed by atoms with Crippen molar-refractivity contribution in [3.63, 3.8) is 0 Å². The van der Waals surface area contributed by atoms with Crippen molar-refractivity contribution in [1.82, 2.24) is 20.4 Å². The molecular weight excluding hydrogens is 611 g/mol. The van der Waals surface area contributed by atoms with Gasteiger partial charge in [0.05, 0.1) is 0 Å². The molecule has 2 atom stereocenters. The fourth-order valence-corrected chi connectivity index (χ4v) is 6.59. The Bertz CT molecular complexity index is 1520. The molecule has 0 radical (unpaired) electrons. The number of hydrogen-bond acceptors (Lipinski definition) is 10. The van der Waals surface area contributed by atoms with Crippen LogP contribution in [0.1, 0.15) is 37.8 Å². The van der Waals surface area contributed by atoms with Crippen LogP contribution >= 0.6 is 23.1 Å². The largest absolute Gasteiger partial charge is 0.456 e. The summed E-state index contributed by atoms with van der Waals surface area (Å²) in [5.74, 6) is -1.75. The molecule has 1 N–H and O–H groups in total. The molecule has 0 unspecified atom stereocenters. The minimum absolute atomic E-state index is 0.0680. The number of allylic oxidation sites excluding steroid dienone is 1. The molecule has 0 aliphatic carbocycles. The van der Waals surface area contributed by atoms with E-state index >= 15 is 0 Å². The topological polar surface area (TPSA) is 131 Å². The highest BCUT2D eigenvalue weighted by molar-refractivity contribution is 8.00. The molecule has 0 saturated carbocycles. The van der Waals surface area contributed by atoms with E-state index in [9.17, 15) is 32.3 Å². The van der Waals surface area contributed by atoms with Gasteiger partial charge in [0, 0.05) is 17.9 Å². The zero-order valence-corrected chi connectivity index (χ0v) is 24.8. The number of anilines is 1. The number of alkyl halides is 3. The average Bonchev–Trinajstić information content (AvgIpc) is 3.57. The van der Waals surface area contributed by atoms with Gasteiger partial charge in [-0.3, -0.25) is 19.4 Å². The first kappa shape index (κ1) is 30.5. The third kappa shape index (κ3) is 6.54. The predicted octanol–water partition coefficient (Wildman–Crippen LogP) is 4.03. The van der Waals surface area contributed by atoms with Crippen LogP contribution in [0.25, 0.3) is 0 Å². The minimum atomic E-state index is -4.69. The van der Waals surface area contributed by atoms with Gasteiger partial charge in [-0.15, -0.1) is 22.0 Å². The van der Waals surface area contributed by atoms with E-state index in [1.54, 1.807) is 45.0 Å². The Labute approximate surface area is 252 Å². The summed E-state index contributed by atoms with van der Waals surface area (Å²) in [4.78, 5) is 54.5. The van der Waals surface area contributed by atoms with E-state index in [0.717, 1.165) is 10.5 Å². The number of benzene rings is 1. The lowest BCUT2D eigenvalue weighted by Crippen LogP contribution is -2.70. The van der Waals surface area contributed by atoms with Crippen molar-refractivity contribution in [3.8, 4) is 0 Å². The van der Waals surface area contributed by atoms with Gasteiger partial charge in [0.15, 0.2) is 0 Å². The summed E-state index contributed by atoms with van der Waals surface area (Å²) in [6, 6.07) is 7.96. The number of thioether (sulfide) groups is 1. The standard InChI is InChI=1S/C27H26F3N5O6S2/c1-26(2,3)41-25(39)31-17-20(37)35-18(22(38)40-12-14-7-5-4-6-8-14)16(13-42-21(17)35)11-15-9-10-34(19(15)36)24-33-32-23(43-24)27(28,29)30/h4-8,11,17,21H,9-10,12-13H2,1-3H3,(H,31,39)/b15-11+/t17-,21-/m1/s1. The van der Waals surface area contributed by atoms with Crippen LogP contribution in [0, 0.1) is 0 Å². The summed E-state index contributed by atoms with van der Waals surface area (Å²) >= 11 is 1.53. The van der Waals surface area contributed by atoms with Gasteiger partial charge in [-0.2, -0.15) is 13.2 Å². The maximum atomic E-state index is 13.4. The Kier molecular flexibility index (Phi) is 8.26. The Morgan fingerprint density at radius 1 is 1.14 bits per heavy atom. The molecule has 16 heteroatoms. The molecule has 1 aromatic heterocycles. The summed E-state index contributed by atoms with van der Waals surface area (Å²) in [5.41, 5.74) is 0.423. The van der Waals surface area contributed by atoms with Crippen LogP contribution < -0.4 is 10.2 Å². The third-order valence-electron chi connectivity index (χ3n) is 6.44. The van der Waals surface area contributed by atoms with E-state index in [1.165, 1.54) is 22.7 Å². The lowest BCUT2D eigenvalue weighted by Gasteiger charge is -2.49. The molecule has 5 rings (SSSR count). The second-order valence-electron chi connectivity index (χ2n) is 10.7. The van der Waals surface area contributed by atoms with Crippen molar-refractivity contribution in [2.24, 2.45) is 0 Å². The molecule has 1 aromatic carbocycles. The molecule has 2 fully saturated rings. The van der Waals surface area contributed by atoms with Gasteiger partial charge in [-0.1, -0.05) is 41.7 Å². The average molecular weight is 638 g/mol. The highest BCUT2D eigenvalue weighted by atomic mass is 32.2. The van der Waals surface area contributed by atoms with Crippen molar-refractivity contribution in [2.45, 2.75) is 57.0 Å². The van der Waals surface area contributed by atoms with Gasteiger partial charge in [0.1, 0.15) is 29.3 Å². The smallest absolute Gasteiger partial charge is 0.445 e. The molecule has 4 heterocycles. The monoisotopic (exact) mass is 637 g/mol. The Hall–Kier alpha value is -3.92. The zero-order chi connectivity index (χ0) is 31.1. The van der Waals surface area contributed by atoms with E-state index in [4.69, 9.17) is 9.47 Å². The SMILES string of the molecule is CC(C)(C)OC(=O)N[C@@H]1C(=O)N2C(C(=O)OCc3ccccc3)=C(/C=C3\CCN(c4nnc(C(F)(F)F)s4)C3=O)CS[C@H]12. The third-order valence-corrected chi connectivity index (χ3v) is 8.73. The summed E-state index contributed by atoms with van der Waals surface area (Å²) in [6.45, 7) is 5.06. The van der Waals surface area contributed by atoms with Gasteiger partial charge in [0.2, 0.25) is 10.1 Å². The van der Waals surface area contributed by atoms with Crippen LogP contribution in [0.15, 0.2) is 53.3 Å².